The predicted molar refractivity (Wildman–Crippen MR) is 51.8 cm³/mol. The van der Waals surface area contributed by atoms with Gasteiger partial charge in [-0.25, -0.2) is 4.57 Å². The number of carbonyl (C=O) groups is 1. The van der Waals surface area contributed by atoms with Crippen LogP contribution in [0, 0.1) is 0 Å². The van der Waals surface area contributed by atoms with Gasteiger partial charge in [-0.2, -0.15) is 0 Å². The molecule has 0 bridgehead atoms. The minimum atomic E-state index is -0.0966. The topological polar surface area (TPSA) is 47.0 Å². The molecule has 0 aliphatic carbocycles. The summed E-state index contributed by atoms with van der Waals surface area (Å²) in [4.78, 5) is 11.0. The number of aromatic nitrogens is 1. The molecular weight excluding hydrogens is 246 g/mol. The Labute approximate surface area is 98.2 Å². The van der Waals surface area contributed by atoms with Crippen molar-refractivity contribution in [2.75, 3.05) is 11.6 Å². The van der Waals surface area contributed by atoms with Gasteiger partial charge < -0.3 is 12.4 Å². The first kappa shape index (κ1) is 13.5. The second-order valence-corrected chi connectivity index (χ2v) is 3.28. The quantitative estimate of drug-likeness (QED) is 0.503. The highest BCUT2D eigenvalue weighted by Crippen LogP contribution is 2.05. The van der Waals surface area contributed by atoms with Crippen molar-refractivity contribution < 1.29 is 21.8 Å². The lowest BCUT2D eigenvalue weighted by Gasteiger charge is -2.00. The summed E-state index contributed by atoms with van der Waals surface area (Å²) in [6.07, 6.45) is 1.60. The maximum Gasteiger partial charge on any atom is 0.272 e. The van der Waals surface area contributed by atoms with E-state index in [-0.39, 0.29) is 30.6 Å². The molecule has 0 aliphatic heterocycles. The summed E-state index contributed by atoms with van der Waals surface area (Å²) in [5, 5.41) is 0.538. The highest BCUT2D eigenvalue weighted by molar-refractivity contribution is 6.30. The molecule has 0 saturated carbocycles. The molecule has 0 saturated heterocycles. The van der Waals surface area contributed by atoms with Crippen molar-refractivity contribution in [3.8, 4) is 0 Å². The van der Waals surface area contributed by atoms with E-state index >= 15 is 0 Å². The standard InChI is InChI=1S/C8H8Cl2N2O.ClH/c9-3-7(13)5-12-4-6(10)1-2-8(12)11;/h1-2,4,11H,3,5H2;1H. The number of Topliss-reactive ketones (excluding diaryl/α,β-unsaturated/α-hetero) is 1. The van der Waals surface area contributed by atoms with Crippen LogP contribution in [0.4, 0.5) is 5.82 Å². The summed E-state index contributed by atoms with van der Waals surface area (Å²) < 4.78 is 1.56. The number of carbonyl (C=O) groups excluding carboxylic acids is 1. The van der Waals surface area contributed by atoms with E-state index in [0.717, 1.165) is 0 Å². The maximum absolute atomic E-state index is 11.0. The molecule has 0 fully saturated rings. The number of nitrogens with two attached hydrogens (primary N) is 1. The Morgan fingerprint density at radius 1 is 1.50 bits per heavy atom. The SMILES string of the molecule is Nc1ccc(Cl)c[n+]1CC(=O)CCl.[Cl-]. The van der Waals surface area contributed by atoms with Crippen molar-refractivity contribution in [1.82, 2.24) is 0 Å². The molecule has 78 valence electrons. The smallest absolute Gasteiger partial charge is 0.272 e. The highest BCUT2D eigenvalue weighted by atomic mass is 35.5. The number of ketones is 1. The van der Waals surface area contributed by atoms with Crippen LogP contribution in [0.1, 0.15) is 0 Å². The van der Waals surface area contributed by atoms with E-state index in [9.17, 15) is 4.79 Å². The van der Waals surface area contributed by atoms with Crippen LogP contribution in [0.5, 0.6) is 0 Å². The molecule has 1 rings (SSSR count). The zero-order valence-corrected chi connectivity index (χ0v) is 9.48. The minimum Gasteiger partial charge on any atom is -1.00 e. The Morgan fingerprint density at radius 3 is 2.71 bits per heavy atom. The van der Waals surface area contributed by atoms with E-state index in [1.54, 1.807) is 22.9 Å². The Hall–Kier alpha value is -0.510. The number of anilines is 1. The fraction of sp³-hybridized carbons (Fsp3) is 0.250. The van der Waals surface area contributed by atoms with Gasteiger partial charge in [-0.05, 0) is 6.07 Å². The molecule has 14 heavy (non-hydrogen) atoms. The number of rotatable bonds is 3. The Bertz CT molecular complexity index is 330. The second-order valence-electron chi connectivity index (χ2n) is 2.57. The molecule has 0 unspecified atom stereocenters. The first-order chi connectivity index (χ1) is 6.13. The largest absolute Gasteiger partial charge is 1.00 e. The average Bonchev–Trinajstić information content (AvgIpc) is 2.11. The summed E-state index contributed by atoms with van der Waals surface area (Å²) in [5.74, 6) is 0.377. The van der Waals surface area contributed by atoms with Gasteiger partial charge in [0.2, 0.25) is 0 Å². The summed E-state index contributed by atoms with van der Waals surface area (Å²) >= 11 is 11.1. The van der Waals surface area contributed by atoms with Gasteiger partial charge in [0.25, 0.3) is 5.82 Å². The first-order valence-electron chi connectivity index (χ1n) is 3.65. The van der Waals surface area contributed by atoms with Gasteiger partial charge in [0.05, 0.1) is 10.9 Å². The first-order valence-corrected chi connectivity index (χ1v) is 4.57. The van der Waals surface area contributed by atoms with Crippen molar-refractivity contribution >= 4 is 34.8 Å². The Morgan fingerprint density at radius 2 is 2.14 bits per heavy atom. The molecule has 0 spiro atoms. The van der Waals surface area contributed by atoms with Crippen LogP contribution < -0.4 is 22.7 Å². The van der Waals surface area contributed by atoms with E-state index in [1.165, 1.54) is 0 Å². The molecule has 0 amide bonds. The van der Waals surface area contributed by atoms with Gasteiger partial charge in [-0.3, -0.25) is 10.5 Å². The molecule has 6 heteroatoms. The number of hydrogen-bond acceptors (Lipinski definition) is 2. The molecule has 0 radical (unpaired) electrons. The van der Waals surface area contributed by atoms with Crippen molar-refractivity contribution in [3.05, 3.63) is 23.4 Å². The number of halogens is 3. The van der Waals surface area contributed by atoms with E-state index in [2.05, 4.69) is 0 Å². The van der Waals surface area contributed by atoms with Gasteiger partial charge in [0.15, 0.2) is 5.78 Å². The molecule has 1 aromatic rings. The lowest BCUT2D eigenvalue weighted by molar-refractivity contribution is -0.669. The summed E-state index contributed by atoms with van der Waals surface area (Å²) in [6, 6.07) is 3.31. The summed E-state index contributed by atoms with van der Waals surface area (Å²) in [6.45, 7) is 0.163. The lowest BCUT2D eigenvalue weighted by Crippen LogP contribution is -3.00. The van der Waals surface area contributed by atoms with Crippen LogP contribution in [0.15, 0.2) is 18.3 Å². The molecule has 1 aromatic heterocycles. The van der Waals surface area contributed by atoms with Crippen molar-refractivity contribution in [2.45, 2.75) is 6.54 Å². The van der Waals surface area contributed by atoms with Crippen LogP contribution in [0.3, 0.4) is 0 Å². The molecule has 0 aromatic carbocycles. The summed E-state index contributed by atoms with van der Waals surface area (Å²) in [7, 11) is 0. The van der Waals surface area contributed by atoms with Crippen molar-refractivity contribution in [3.63, 3.8) is 0 Å². The predicted octanol–water partition coefficient (Wildman–Crippen LogP) is -1.98. The molecule has 2 N–H and O–H groups in total. The van der Waals surface area contributed by atoms with Crippen LogP contribution >= 0.6 is 23.2 Å². The summed E-state index contributed by atoms with van der Waals surface area (Å²) in [5.41, 5.74) is 5.60. The van der Waals surface area contributed by atoms with Gasteiger partial charge in [0.1, 0.15) is 12.7 Å². The third-order valence-corrected chi connectivity index (χ3v) is 2.04. The number of hydrogen-bond donors (Lipinski definition) is 1. The van der Waals surface area contributed by atoms with E-state index in [1.807, 2.05) is 0 Å². The van der Waals surface area contributed by atoms with E-state index in [0.29, 0.717) is 10.8 Å². The number of pyridine rings is 1. The van der Waals surface area contributed by atoms with Crippen LogP contribution in [-0.2, 0) is 11.3 Å². The van der Waals surface area contributed by atoms with Crippen LogP contribution in [-0.4, -0.2) is 11.7 Å². The molecule has 0 aliphatic rings. The minimum absolute atomic E-state index is 0. The van der Waals surface area contributed by atoms with Gasteiger partial charge in [-0.1, -0.05) is 11.6 Å². The van der Waals surface area contributed by atoms with Gasteiger partial charge in [-0.15, -0.1) is 11.6 Å². The lowest BCUT2D eigenvalue weighted by atomic mass is 10.4. The van der Waals surface area contributed by atoms with E-state index in [4.69, 9.17) is 28.9 Å². The van der Waals surface area contributed by atoms with Crippen LogP contribution in [0.25, 0.3) is 0 Å². The molecule has 0 atom stereocenters. The number of alkyl halides is 1. The zero-order valence-electron chi connectivity index (χ0n) is 7.21. The fourth-order valence-corrected chi connectivity index (χ4v) is 1.16. The van der Waals surface area contributed by atoms with Crippen LogP contribution in [0.2, 0.25) is 5.02 Å². The highest BCUT2D eigenvalue weighted by Gasteiger charge is 2.09. The van der Waals surface area contributed by atoms with Crippen molar-refractivity contribution in [2.24, 2.45) is 0 Å². The van der Waals surface area contributed by atoms with E-state index < -0.39 is 0 Å². The fourth-order valence-electron chi connectivity index (χ4n) is 0.896. The Balaban J connectivity index is 0.00000169. The van der Waals surface area contributed by atoms with Gasteiger partial charge in [0, 0.05) is 6.07 Å². The van der Waals surface area contributed by atoms with Gasteiger partial charge >= 0.3 is 0 Å². The third kappa shape index (κ3) is 3.70. The number of nitrogen functional groups attached to an aromatic ring is 1. The molecule has 3 nitrogen and oxygen atoms in total. The normalized spacial score (nSPS) is 9.29. The maximum atomic E-state index is 11.0. The molecular formula is C8H9Cl3N2O. The zero-order chi connectivity index (χ0) is 9.84. The number of nitrogens with zero attached hydrogens (tertiary/aromatic N) is 1. The van der Waals surface area contributed by atoms with Crippen molar-refractivity contribution in [1.29, 1.82) is 0 Å². The Kier molecular flexibility index (Phi) is 5.84. The third-order valence-electron chi connectivity index (χ3n) is 1.52. The second kappa shape index (κ2) is 6.06. The monoisotopic (exact) mass is 254 g/mol. The molecule has 1 heterocycles. The average molecular weight is 256 g/mol.